The molecule has 4 heavy (non-hydrogen) atoms. The van der Waals surface area contributed by atoms with Gasteiger partial charge in [-0.3, -0.25) is 0 Å². The van der Waals surface area contributed by atoms with E-state index in [0.29, 0.717) is 0 Å². The Morgan fingerprint density at radius 1 is 1.00 bits per heavy atom. The first kappa shape index (κ1) is 58.1. The summed E-state index contributed by atoms with van der Waals surface area (Å²) in [6.07, 6.45) is 0. The van der Waals surface area contributed by atoms with E-state index in [1.165, 1.54) is 0 Å². The van der Waals surface area contributed by atoms with Crippen molar-refractivity contribution in [1.82, 2.24) is 0 Å². The molecule has 0 bridgehead atoms. The van der Waals surface area contributed by atoms with E-state index in [4.69, 9.17) is 0 Å². The van der Waals surface area contributed by atoms with Crippen LogP contribution in [0.3, 0.4) is 0 Å². The topological polar surface area (TPSA) is 0 Å². The maximum absolute atomic E-state index is 0. The maximum atomic E-state index is 0. The van der Waals surface area contributed by atoms with Crippen molar-refractivity contribution in [3.63, 3.8) is 0 Å². The largest absolute Gasteiger partial charge is 0.0776 e. The monoisotopic (exact) mass is 130 g/mol. The minimum Gasteiger partial charge on any atom is -0.0776 e. The van der Waals surface area contributed by atoms with E-state index in [1.807, 2.05) is 0 Å². The van der Waals surface area contributed by atoms with Gasteiger partial charge in [0, 0.05) is 47.2 Å². The van der Waals surface area contributed by atoms with Crippen LogP contribution in [-0.4, -0.2) is 8.41 Å². The van der Waals surface area contributed by atoms with Crippen LogP contribution in [0.1, 0.15) is 7.43 Å². The van der Waals surface area contributed by atoms with E-state index in [2.05, 4.69) is 0 Å². The molecular formula is CH4BMnTi. The Morgan fingerprint density at radius 2 is 1.00 bits per heavy atom. The molecule has 0 heterocycles. The second-order valence-electron chi connectivity index (χ2n) is 0. The Morgan fingerprint density at radius 3 is 1.00 bits per heavy atom. The number of rotatable bonds is 0. The molecule has 0 N–H and O–H groups in total. The fourth-order valence-corrected chi connectivity index (χ4v) is 0. The van der Waals surface area contributed by atoms with Crippen molar-refractivity contribution in [1.29, 1.82) is 0 Å². The van der Waals surface area contributed by atoms with Gasteiger partial charge in [0.05, 0.1) is 0 Å². The van der Waals surface area contributed by atoms with Gasteiger partial charge in [-0.1, -0.05) is 7.43 Å². The van der Waals surface area contributed by atoms with Crippen molar-refractivity contribution >= 4 is 8.41 Å². The van der Waals surface area contributed by atoms with Crippen LogP contribution < -0.4 is 0 Å². The summed E-state index contributed by atoms with van der Waals surface area (Å²) in [6.45, 7) is 0. The molecule has 0 saturated carbocycles. The summed E-state index contributed by atoms with van der Waals surface area (Å²) in [5, 5.41) is 0. The van der Waals surface area contributed by atoms with Crippen LogP contribution in [0.4, 0.5) is 0 Å². The van der Waals surface area contributed by atoms with E-state index < -0.39 is 0 Å². The second kappa shape index (κ2) is 27.7. The molecule has 0 saturated heterocycles. The second-order valence-corrected chi connectivity index (χ2v) is 0. The Hall–Kier alpha value is 1.30. The fraction of sp³-hybridized carbons (Fsp3) is 1.00. The minimum absolute atomic E-state index is 0. The summed E-state index contributed by atoms with van der Waals surface area (Å²) < 4.78 is 0. The van der Waals surface area contributed by atoms with Gasteiger partial charge in [0.15, 0.2) is 0 Å². The molecule has 0 aromatic carbocycles. The van der Waals surface area contributed by atoms with Gasteiger partial charge in [-0.2, -0.15) is 0 Å². The molecule has 0 unspecified atom stereocenters. The molecule has 22 valence electrons. The van der Waals surface area contributed by atoms with Crippen molar-refractivity contribution in [2.75, 3.05) is 0 Å². The molecule has 0 aliphatic carbocycles. The van der Waals surface area contributed by atoms with Crippen molar-refractivity contribution in [2.45, 2.75) is 7.43 Å². The minimum atomic E-state index is 0. The molecule has 0 spiro atoms. The molecule has 3 heteroatoms. The standard InChI is InChI=1S/CH4.B.Mn.Ti/h1H4;;;. The Balaban J connectivity index is 0. The predicted octanol–water partition coefficient (Wildman–Crippen LogP) is 0.250. The van der Waals surface area contributed by atoms with Crippen LogP contribution in [0.5, 0.6) is 0 Å². The zero-order valence-electron chi connectivity index (χ0n) is 1.46. The zero-order chi connectivity index (χ0) is 0. The first-order valence-corrected chi connectivity index (χ1v) is 0. The van der Waals surface area contributed by atoms with Crippen LogP contribution >= 0.6 is 0 Å². The van der Waals surface area contributed by atoms with Crippen LogP contribution in [0.15, 0.2) is 0 Å². The van der Waals surface area contributed by atoms with Gasteiger partial charge in [-0.15, -0.1) is 0 Å². The van der Waals surface area contributed by atoms with E-state index in [-0.39, 0.29) is 54.6 Å². The summed E-state index contributed by atoms with van der Waals surface area (Å²) in [7, 11) is 0. The van der Waals surface area contributed by atoms with Crippen molar-refractivity contribution in [2.24, 2.45) is 0 Å². The van der Waals surface area contributed by atoms with Crippen LogP contribution in [0.2, 0.25) is 0 Å². The Kier molecular flexibility index (Phi) is 403. The first-order chi connectivity index (χ1) is 0. The smallest absolute Gasteiger partial charge is 0 e. The molecule has 4 radical (unpaired) electrons. The van der Waals surface area contributed by atoms with Gasteiger partial charge in [0.25, 0.3) is 0 Å². The first-order valence-electron chi connectivity index (χ1n) is 0. The third-order valence-electron chi connectivity index (χ3n) is 0. The molecule has 0 aromatic rings. The van der Waals surface area contributed by atoms with Crippen molar-refractivity contribution in [3.8, 4) is 0 Å². The van der Waals surface area contributed by atoms with Gasteiger partial charge < -0.3 is 0 Å². The van der Waals surface area contributed by atoms with Gasteiger partial charge in [0.2, 0.25) is 0 Å². The van der Waals surface area contributed by atoms with Crippen LogP contribution in [0, 0.1) is 0 Å². The van der Waals surface area contributed by atoms with E-state index >= 15 is 0 Å². The van der Waals surface area contributed by atoms with Crippen LogP contribution in [0.25, 0.3) is 0 Å². The summed E-state index contributed by atoms with van der Waals surface area (Å²) in [5.41, 5.74) is 0. The molecule has 0 atom stereocenters. The van der Waals surface area contributed by atoms with Gasteiger partial charge in [-0.25, -0.2) is 0 Å². The molecule has 0 amide bonds. The van der Waals surface area contributed by atoms with Crippen LogP contribution in [-0.2, 0) is 38.8 Å². The number of hydrogen-bond donors (Lipinski definition) is 0. The third kappa shape index (κ3) is 10.3. The predicted molar refractivity (Wildman–Crippen MR) is 12.5 cm³/mol. The third-order valence-corrected chi connectivity index (χ3v) is 0. The van der Waals surface area contributed by atoms with E-state index in [0.717, 1.165) is 0 Å². The Bertz CT molecular complexity index is 8.00. The van der Waals surface area contributed by atoms with Gasteiger partial charge in [0.1, 0.15) is 0 Å². The summed E-state index contributed by atoms with van der Waals surface area (Å²) >= 11 is 0. The SMILES string of the molecule is C.[B].[Mn].[Ti]. The summed E-state index contributed by atoms with van der Waals surface area (Å²) in [5.74, 6) is 0. The molecule has 0 aromatic heterocycles. The molecule has 0 fully saturated rings. The van der Waals surface area contributed by atoms with Gasteiger partial charge in [-0.05, 0) is 0 Å². The van der Waals surface area contributed by atoms with Crippen molar-refractivity contribution < 1.29 is 38.8 Å². The van der Waals surface area contributed by atoms with E-state index in [1.54, 1.807) is 0 Å². The molecule has 0 aliphatic rings. The van der Waals surface area contributed by atoms with Crippen molar-refractivity contribution in [3.05, 3.63) is 0 Å². The molecule has 0 aliphatic heterocycles. The fourth-order valence-electron chi connectivity index (χ4n) is 0. The quantitative estimate of drug-likeness (QED) is 0.412. The molecule has 0 rings (SSSR count). The zero-order valence-corrected chi connectivity index (χ0v) is 4.20. The van der Waals surface area contributed by atoms with Gasteiger partial charge >= 0.3 is 0 Å². The summed E-state index contributed by atoms with van der Waals surface area (Å²) in [6, 6.07) is 0. The number of hydrogen-bond acceptors (Lipinski definition) is 0. The maximum Gasteiger partial charge on any atom is 0 e. The summed E-state index contributed by atoms with van der Waals surface area (Å²) in [4.78, 5) is 0. The molecule has 0 nitrogen and oxygen atoms in total. The Labute approximate surface area is 54.7 Å². The van der Waals surface area contributed by atoms with E-state index in [9.17, 15) is 0 Å². The molecular weight excluding hydrogens is 126 g/mol. The average molecular weight is 130 g/mol. The average Bonchev–Trinajstić information content (AvgIpc) is 0. The normalized spacial score (nSPS) is 0.